The maximum absolute atomic E-state index is 12.7. The molecule has 0 aliphatic heterocycles. The standard InChI is InChI=1S/C8H7BrFN/c1-3-7(9)4-8(10)6(2)5-11/h3-4H,2H2,1H3/b7-3+,8-4+. The summed E-state index contributed by atoms with van der Waals surface area (Å²) in [4.78, 5) is 0. The van der Waals surface area contributed by atoms with Gasteiger partial charge in [-0.05, 0) is 13.0 Å². The molecule has 0 aromatic heterocycles. The highest BCUT2D eigenvalue weighted by molar-refractivity contribution is 9.11. The fraction of sp³-hybridized carbons (Fsp3) is 0.125. The summed E-state index contributed by atoms with van der Waals surface area (Å²) < 4.78 is 13.3. The van der Waals surface area contributed by atoms with Gasteiger partial charge in [0.25, 0.3) is 0 Å². The second-order valence-electron chi connectivity index (χ2n) is 1.76. The second-order valence-corrected chi connectivity index (χ2v) is 2.67. The van der Waals surface area contributed by atoms with E-state index in [-0.39, 0.29) is 5.57 Å². The SMILES string of the molecule is C=C(C#N)/C(F)=C\C(Br)=C/C. The largest absolute Gasteiger partial charge is 0.206 e. The van der Waals surface area contributed by atoms with E-state index in [4.69, 9.17) is 5.26 Å². The molecule has 1 nitrogen and oxygen atoms in total. The number of rotatable bonds is 2. The monoisotopic (exact) mass is 215 g/mol. The first kappa shape index (κ1) is 10.1. The van der Waals surface area contributed by atoms with E-state index in [1.165, 1.54) is 6.08 Å². The lowest BCUT2D eigenvalue weighted by Crippen LogP contribution is -1.76. The van der Waals surface area contributed by atoms with Gasteiger partial charge in [-0.25, -0.2) is 4.39 Å². The number of hydrogen-bond donors (Lipinski definition) is 0. The maximum atomic E-state index is 12.7. The molecule has 11 heavy (non-hydrogen) atoms. The first-order valence-electron chi connectivity index (χ1n) is 2.90. The Morgan fingerprint density at radius 3 is 2.64 bits per heavy atom. The molecule has 0 saturated heterocycles. The van der Waals surface area contributed by atoms with Gasteiger partial charge < -0.3 is 0 Å². The van der Waals surface area contributed by atoms with Crippen molar-refractivity contribution in [3.63, 3.8) is 0 Å². The van der Waals surface area contributed by atoms with E-state index in [2.05, 4.69) is 22.5 Å². The van der Waals surface area contributed by atoms with Gasteiger partial charge >= 0.3 is 0 Å². The molecule has 58 valence electrons. The van der Waals surface area contributed by atoms with Crippen LogP contribution in [0.4, 0.5) is 4.39 Å². The third kappa shape index (κ3) is 3.74. The second kappa shape index (κ2) is 4.86. The summed E-state index contributed by atoms with van der Waals surface area (Å²) in [7, 11) is 0. The molecule has 0 radical (unpaired) electrons. The quantitative estimate of drug-likeness (QED) is 0.513. The third-order valence-corrected chi connectivity index (χ3v) is 1.65. The van der Waals surface area contributed by atoms with Gasteiger partial charge in [0, 0.05) is 4.48 Å². The van der Waals surface area contributed by atoms with Crippen LogP contribution in [-0.4, -0.2) is 0 Å². The highest BCUT2D eigenvalue weighted by Gasteiger charge is 1.98. The lowest BCUT2D eigenvalue weighted by Gasteiger charge is -1.90. The highest BCUT2D eigenvalue weighted by Crippen LogP contribution is 2.15. The number of hydrogen-bond acceptors (Lipinski definition) is 1. The first-order valence-corrected chi connectivity index (χ1v) is 3.69. The van der Waals surface area contributed by atoms with Gasteiger partial charge in [0.1, 0.15) is 11.9 Å². The van der Waals surface area contributed by atoms with E-state index in [1.807, 2.05) is 0 Å². The van der Waals surface area contributed by atoms with E-state index in [0.717, 1.165) is 0 Å². The highest BCUT2D eigenvalue weighted by atomic mass is 79.9. The van der Waals surface area contributed by atoms with Gasteiger partial charge in [0.05, 0.1) is 5.57 Å². The molecule has 0 rings (SSSR count). The van der Waals surface area contributed by atoms with Gasteiger partial charge in [-0.3, -0.25) is 0 Å². The van der Waals surface area contributed by atoms with Crippen LogP contribution >= 0.6 is 15.9 Å². The van der Waals surface area contributed by atoms with Gasteiger partial charge in [-0.1, -0.05) is 28.6 Å². The van der Waals surface area contributed by atoms with Crippen LogP contribution in [0.15, 0.2) is 34.6 Å². The summed E-state index contributed by atoms with van der Waals surface area (Å²) in [5.74, 6) is -0.613. The van der Waals surface area contributed by atoms with Crippen LogP contribution in [0.25, 0.3) is 0 Å². The van der Waals surface area contributed by atoms with Crippen LogP contribution < -0.4 is 0 Å². The van der Waals surface area contributed by atoms with Crippen LogP contribution in [0.5, 0.6) is 0 Å². The Balaban J connectivity index is 4.50. The smallest absolute Gasteiger partial charge is 0.141 e. The molecule has 0 spiro atoms. The molecule has 0 N–H and O–H groups in total. The van der Waals surface area contributed by atoms with Gasteiger partial charge in [-0.2, -0.15) is 5.26 Å². The Bertz CT molecular complexity index is 258. The topological polar surface area (TPSA) is 23.8 Å². The molecule has 0 aromatic rings. The molecule has 0 heterocycles. The minimum absolute atomic E-state index is 0.163. The number of allylic oxidation sites excluding steroid dienone is 5. The Morgan fingerprint density at radius 2 is 2.27 bits per heavy atom. The predicted octanol–water partition coefficient (Wildman–Crippen LogP) is 3.22. The van der Waals surface area contributed by atoms with Crippen molar-refractivity contribution in [1.29, 1.82) is 5.26 Å². The van der Waals surface area contributed by atoms with Crippen molar-refractivity contribution < 1.29 is 4.39 Å². The molecule has 0 fully saturated rings. The fourth-order valence-electron chi connectivity index (χ4n) is 0.345. The van der Waals surface area contributed by atoms with Gasteiger partial charge in [-0.15, -0.1) is 0 Å². The van der Waals surface area contributed by atoms with Crippen LogP contribution in [-0.2, 0) is 0 Å². The van der Waals surface area contributed by atoms with Crippen molar-refractivity contribution >= 4 is 15.9 Å². The molecular weight excluding hydrogens is 209 g/mol. The average Bonchev–Trinajstić information content (AvgIpc) is 2.02. The normalized spacial score (nSPS) is 12.5. The minimum Gasteiger partial charge on any atom is -0.206 e. The molecular formula is C8H7BrFN. The van der Waals surface area contributed by atoms with Gasteiger partial charge in [0.2, 0.25) is 0 Å². The number of nitrogens with zero attached hydrogens (tertiary/aromatic N) is 1. The molecule has 3 heteroatoms. The van der Waals surface area contributed by atoms with E-state index in [9.17, 15) is 4.39 Å². The molecule has 0 amide bonds. The van der Waals surface area contributed by atoms with Crippen LogP contribution in [0.2, 0.25) is 0 Å². The first-order chi connectivity index (χ1) is 5.11. The van der Waals surface area contributed by atoms with Crippen LogP contribution in [0, 0.1) is 11.3 Å². The molecule has 0 aliphatic carbocycles. The lowest BCUT2D eigenvalue weighted by molar-refractivity contribution is 0.659. The molecule has 0 saturated carbocycles. The summed E-state index contributed by atoms with van der Waals surface area (Å²) in [5, 5.41) is 8.23. The van der Waals surface area contributed by atoms with Crippen molar-refractivity contribution in [1.82, 2.24) is 0 Å². The van der Waals surface area contributed by atoms with E-state index < -0.39 is 5.83 Å². The maximum Gasteiger partial charge on any atom is 0.141 e. The van der Waals surface area contributed by atoms with E-state index >= 15 is 0 Å². The summed E-state index contributed by atoms with van der Waals surface area (Å²) >= 11 is 3.07. The summed E-state index contributed by atoms with van der Waals surface area (Å²) in [6, 6.07) is 1.61. The van der Waals surface area contributed by atoms with Crippen molar-refractivity contribution in [2.75, 3.05) is 0 Å². The fourth-order valence-corrected chi connectivity index (χ4v) is 0.546. The van der Waals surface area contributed by atoms with Gasteiger partial charge in [0.15, 0.2) is 0 Å². The third-order valence-electron chi connectivity index (χ3n) is 0.964. The Labute approximate surface area is 73.7 Å². The van der Waals surface area contributed by atoms with Crippen molar-refractivity contribution in [2.45, 2.75) is 6.92 Å². The van der Waals surface area contributed by atoms with Crippen LogP contribution in [0.1, 0.15) is 6.92 Å². The zero-order valence-electron chi connectivity index (χ0n) is 6.06. The molecule has 0 unspecified atom stereocenters. The summed E-state index contributed by atoms with van der Waals surface area (Å²) in [6.45, 7) is 4.96. The van der Waals surface area contributed by atoms with Crippen molar-refractivity contribution in [3.05, 3.63) is 34.6 Å². The molecule has 0 bridgehead atoms. The van der Waals surface area contributed by atoms with E-state index in [0.29, 0.717) is 4.48 Å². The predicted molar refractivity (Wildman–Crippen MR) is 46.6 cm³/mol. The molecule has 0 aliphatic rings. The van der Waals surface area contributed by atoms with Crippen LogP contribution in [0.3, 0.4) is 0 Å². The van der Waals surface area contributed by atoms with Crippen molar-refractivity contribution in [2.24, 2.45) is 0 Å². The average molecular weight is 216 g/mol. The Kier molecular flexibility index (Phi) is 4.47. The zero-order valence-corrected chi connectivity index (χ0v) is 7.65. The van der Waals surface area contributed by atoms with Crippen molar-refractivity contribution in [3.8, 4) is 6.07 Å². The molecule has 0 atom stereocenters. The number of nitriles is 1. The molecule has 0 aromatic carbocycles. The number of halogens is 2. The minimum atomic E-state index is -0.613. The summed E-state index contributed by atoms with van der Waals surface area (Å²) in [5.41, 5.74) is -0.163. The zero-order chi connectivity index (χ0) is 8.85. The lowest BCUT2D eigenvalue weighted by atomic mass is 10.3. The Morgan fingerprint density at radius 1 is 1.73 bits per heavy atom. The van der Waals surface area contributed by atoms with E-state index in [1.54, 1.807) is 19.1 Å². The Hall–Kier alpha value is -0.880. The summed E-state index contributed by atoms with van der Waals surface area (Å²) in [6.07, 6.45) is 2.87.